The van der Waals surface area contributed by atoms with E-state index >= 15 is 0 Å². The lowest BCUT2D eigenvalue weighted by molar-refractivity contribution is -0.281. The summed E-state index contributed by atoms with van der Waals surface area (Å²) in [6, 6.07) is 52.1. The molecule has 5 aromatic rings. The molecule has 6 rings (SSSR count). The first-order chi connectivity index (χ1) is 26.2. The van der Waals surface area contributed by atoms with E-state index in [0.29, 0.717) is 33.0 Å². The summed E-state index contributed by atoms with van der Waals surface area (Å²) in [5, 5.41) is 2.32. The first-order valence-electron chi connectivity index (χ1n) is 18.9. The van der Waals surface area contributed by atoms with E-state index in [0.717, 1.165) is 16.7 Å². The van der Waals surface area contributed by atoms with E-state index in [1.54, 1.807) is 0 Å². The average molecular weight is 857 g/mol. The molecule has 0 aromatic heterocycles. The Labute approximate surface area is 336 Å². The van der Waals surface area contributed by atoms with Gasteiger partial charge in [-0.15, -0.1) is 0 Å². The largest absolute Gasteiger partial charge is 0.405 e. The second-order valence-electron chi connectivity index (χ2n) is 14.9. The summed E-state index contributed by atoms with van der Waals surface area (Å²) in [6.07, 6.45) is -2.07. The number of alkyl halides is 1. The van der Waals surface area contributed by atoms with Gasteiger partial charge in [-0.3, -0.25) is 0 Å². The molecule has 0 radical (unpaired) electrons. The van der Waals surface area contributed by atoms with Gasteiger partial charge in [0.15, 0.2) is 6.29 Å². The lowest BCUT2D eigenvalue weighted by atomic mass is 10.0. The van der Waals surface area contributed by atoms with Crippen LogP contribution in [0.2, 0.25) is 5.04 Å². The molecule has 6 atom stereocenters. The Morgan fingerprint density at radius 2 is 1.04 bits per heavy atom. The van der Waals surface area contributed by atoms with Crippen LogP contribution < -0.4 is 10.4 Å². The number of ether oxygens (including phenoxy) is 5. The highest BCUT2D eigenvalue weighted by Gasteiger charge is 2.51. The highest BCUT2D eigenvalue weighted by atomic mass is 127. The van der Waals surface area contributed by atoms with Crippen molar-refractivity contribution in [1.29, 1.82) is 0 Å². The molecular weight excluding hydrogens is 803 g/mol. The van der Waals surface area contributed by atoms with Crippen LogP contribution in [0.15, 0.2) is 152 Å². The fraction of sp³-hybridized carbons (Fsp3) is 0.348. The summed E-state index contributed by atoms with van der Waals surface area (Å²) in [7, 11) is -2.76. The van der Waals surface area contributed by atoms with E-state index in [9.17, 15) is 0 Å². The maximum atomic E-state index is 7.26. The van der Waals surface area contributed by atoms with Crippen molar-refractivity contribution in [2.45, 2.75) is 87.2 Å². The number of hydrogen-bond acceptors (Lipinski definition) is 6. The fourth-order valence-electron chi connectivity index (χ4n) is 7.18. The SMILES string of the molecule is CC(CO[Si](c1ccccc1)(c1ccccc1)C(C)(C)C)O[C@H]1O[C@H](COCc2ccccc2)[C@@H](OCc2ccccc2)[C@H](OCc2ccccc2)[C@H]1I. The predicted molar refractivity (Wildman–Crippen MR) is 227 cm³/mol. The van der Waals surface area contributed by atoms with Crippen molar-refractivity contribution in [1.82, 2.24) is 0 Å². The molecule has 0 aliphatic carbocycles. The predicted octanol–water partition coefficient (Wildman–Crippen LogP) is 8.88. The molecule has 6 nitrogen and oxygen atoms in total. The molecule has 54 heavy (non-hydrogen) atoms. The van der Waals surface area contributed by atoms with Gasteiger partial charge in [-0.05, 0) is 39.0 Å². The Kier molecular flexibility index (Phi) is 14.7. The maximum absolute atomic E-state index is 7.26. The van der Waals surface area contributed by atoms with Crippen LogP contribution in [0, 0.1) is 0 Å². The van der Waals surface area contributed by atoms with E-state index < -0.39 is 26.8 Å². The molecule has 1 aliphatic rings. The summed E-state index contributed by atoms with van der Waals surface area (Å²) in [4.78, 5) is 0. The highest BCUT2D eigenvalue weighted by molar-refractivity contribution is 14.1. The Bertz CT molecular complexity index is 1750. The van der Waals surface area contributed by atoms with Crippen LogP contribution in [0.4, 0.5) is 0 Å². The first kappa shape index (κ1) is 40.5. The molecule has 0 amide bonds. The molecular formula is C46H53IO6Si. The third kappa shape index (κ3) is 10.4. The van der Waals surface area contributed by atoms with Crippen LogP contribution >= 0.6 is 22.6 Å². The van der Waals surface area contributed by atoms with E-state index in [1.807, 2.05) is 54.6 Å². The zero-order valence-electron chi connectivity index (χ0n) is 31.8. The van der Waals surface area contributed by atoms with Crippen molar-refractivity contribution in [2.24, 2.45) is 0 Å². The minimum atomic E-state index is -2.76. The molecule has 8 heteroatoms. The van der Waals surface area contributed by atoms with Crippen molar-refractivity contribution in [3.05, 3.63) is 168 Å². The number of halogens is 1. The minimum absolute atomic E-state index is 0.149. The van der Waals surface area contributed by atoms with Crippen LogP contribution in [0.3, 0.4) is 0 Å². The Morgan fingerprint density at radius 1 is 0.611 bits per heavy atom. The van der Waals surface area contributed by atoms with E-state index in [1.165, 1.54) is 10.4 Å². The van der Waals surface area contributed by atoms with Gasteiger partial charge >= 0.3 is 0 Å². The van der Waals surface area contributed by atoms with Gasteiger partial charge in [0, 0.05) is 0 Å². The molecule has 1 heterocycles. The zero-order chi connectivity index (χ0) is 37.8. The van der Waals surface area contributed by atoms with Crippen LogP contribution in [0.25, 0.3) is 0 Å². The van der Waals surface area contributed by atoms with Gasteiger partial charge in [0.05, 0.1) is 43.1 Å². The number of hydrogen-bond donors (Lipinski definition) is 0. The van der Waals surface area contributed by atoms with Gasteiger partial charge in [-0.2, -0.15) is 0 Å². The molecule has 0 N–H and O–H groups in total. The molecule has 5 aromatic carbocycles. The highest BCUT2D eigenvalue weighted by Crippen LogP contribution is 2.38. The van der Waals surface area contributed by atoms with Crippen LogP contribution in [-0.4, -0.2) is 56.2 Å². The smallest absolute Gasteiger partial charge is 0.261 e. The molecule has 1 unspecified atom stereocenters. The monoisotopic (exact) mass is 856 g/mol. The average Bonchev–Trinajstić information content (AvgIpc) is 3.19. The fourth-order valence-corrected chi connectivity index (χ4v) is 12.8. The van der Waals surface area contributed by atoms with Crippen molar-refractivity contribution >= 4 is 41.3 Å². The minimum Gasteiger partial charge on any atom is -0.405 e. The van der Waals surface area contributed by atoms with E-state index in [4.69, 9.17) is 28.1 Å². The molecule has 1 aliphatic heterocycles. The van der Waals surface area contributed by atoms with Crippen molar-refractivity contribution in [3.63, 3.8) is 0 Å². The Morgan fingerprint density at radius 3 is 1.50 bits per heavy atom. The topological polar surface area (TPSA) is 55.4 Å². The van der Waals surface area contributed by atoms with Gasteiger partial charge in [-0.25, -0.2) is 0 Å². The van der Waals surface area contributed by atoms with Gasteiger partial charge in [0.25, 0.3) is 8.32 Å². The van der Waals surface area contributed by atoms with Gasteiger partial charge < -0.3 is 28.1 Å². The maximum Gasteiger partial charge on any atom is 0.261 e. The van der Waals surface area contributed by atoms with Gasteiger partial charge in [-0.1, -0.05) is 195 Å². The second-order valence-corrected chi connectivity index (χ2v) is 20.7. The number of rotatable bonds is 17. The summed E-state index contributed by atoms with van der Waals surface area (Å²) in [6.45, 7) is 11.0. The molecule has 1 fully saturated rings. The van der Waals surface area contributed by atoms with Gasteiger partial charge in [0.2, 0.25) is 0 Å². The molecule has 284 valence electrons. The standard InChI is InChI=1S/C46H53IO6Si/c1-35(30-51-54(46(2,3)4,39-26-16-8-17-27-39)40-28-18-9-19-29-40)52-45-42(47)44(50-33-38-24-14-7-15-25-38)43(49-32-37-22-12-6-13-23-37)41(53-45)34-48-31-36-20-10-5-11-21-36/h5-29,35,41-45H,30-34H2,1-4H3/t35?,41-,42-,43-,44-,45+/m1/s1. The quantitative estimate of drug-likeness (QED) is 0.0530. The van der Waals surface area contributed by atoms with Crippen molar-refractivity contribution < 1.29 is 28.1 Å². The van der Waals surface area contributed by atoms with Gasteiger partial charge in [0.1, 0.15) is 18.3 Å². The summed E-state index contributed by atoms with van der Waals surface area (Å²) >= 11 is 2.43. The van der Waals surface area contributed by atoms with E-state index in [2.05, 4.69) is 147 Å². The third-order valence-corrected chi connectivity index (χ3v) is 16.2. The number of benzene rings is 5. The first-order valence-corrected chi connectivity index (χ1v) is 22.0. The Hall–Kier alpha value is -3.19. The van der Waals surface area contributed by atoms with Crippen molar-refractivity contribution in [3.8, 4) is 0 Å². The normalized spacial score (nSPS) is 21.1. The lowest BCUT2D eigenvalue weighted by Crippen LogP contribution is -2.67. The zero-order valence-corrected chi connectivity index (χ0v) is 34.9. The summed E-state index contributed by atoms with van der Waals surface area (Å²) in [5.74, 6) is 0. The summed E-state index contributed by atoms with van der Waals surface area (Å²) in [5.41, 5.74) is 3.28. The molecule has 0 saturated carbocycles. The second kappa shape index (κ2) is 19.6. The molecule has 1 saturated heterocycles. The van der Waals surface area contributed by atoms with Crippen LogP contribution in [0.1, 0.15) is 44.4 Å². The third-order valence-electron chi connectivity index (χ3n) is 9.86. The summed E-state index contributed by atoms with van der Waals surface area (Å²) < 4.78 is 40.6. The van der Waals surface area contributed by atoms with Crippen LogP contribution in [0.5, 0.6) is 0 Å². The lowest BCUT2D eigenvalue weighted by Gasteiger charge is -2.46. The van der Waals surface area contributed by atoms with Crippen LogP contribution in [-0.2, 0) is 47.9 Å². The van der Waals surface area contributed by atoms with E-state index in [-0.39, 0.29) is 21.2 Å². The Balaban J connectivity index is 1.24. The molecule has 0 spiro atoms. The van der Waals surface area contributed by atoms with Crippen molar-refractivity contribution in [2.75, 3.05) is 13.2 Å². The molecule has 0 bridgehead atoms.